The van der Waals surface area contributed by atoms with Crippen molar-refractivity contribution in [2.75, 3.05) is 25.5 Å². The summed E-state index contributed by atoms with van der Waals surface area (Å²) in [4.78, 5) is 9.72. The standard InChI is InChI=1S/C12H19N3O5S/c1-2-8-20-9-4-7-14-21(18,19)11-6-3-5-10(13)12(11)15(16)17/h3,5-6,14H,2,4,7-9,13H2,1H3. The largest absolute Gasteiger partial charge is 0.393 e. The average molecular weight is 317 g/mol. The van der Waals surface area contributed by atoms with Gasteiger partial charge in [-0.15, -0.1) is 0 Å². The molecule has 0 atom stereocenters. The zero-order chi connectivity index (χ0) is 15.9. The summed E-state index contributed by atoms with van der Waals surface area (Å²) in [7, 11) is -3.98. The number of nitro groups is 1. The van der Waals surface area contributed by atoms with Crippen LogP contribution in [0.1, 0.15) is 19.8 Å². The van der Waals surface area contributed by atoms with Crippen LogP contribution in [0.15, 0.2) is 23.1 Å². The van der Waals surface area contributed by atoms with Crippen molar-refractivity contribution in [1.29, 1.82) is 0 Å². The van der Waals surface area contributed by atoms with Crippen molar-refractivity contribution in [2.45, 2.75) is 24.7 Å². The molecule has 0 aliphatic rings. The Morgan fingerprint density at radius 2 is 2.10 bits per heavy atom. The van der Waals surface area contributed by atoms with Crippen molar-refractivity contribution >= 4 is 21.4 Å². The van der Waals surface area contributed by atoms with Crippen LogP contribution in [0.2, 0.25) is 0 Å². The van der Waals surface area contributed by atoms with Crippen LogP contribution in [0.5, 0.6) is 0 Å². The number of ether oxygens (including phenoxy) is 1. The maximum absolute atomic E-state index is 12.1. The van der Waals surface area contributed by atoms with Crippen LogP contribution in [-0.2, 0) is 14.8 Å². The molecule has 3 N–H and O–H groups in total. The van der Waals surface area contributed by atoms with Crippen LogP contribution >= 0.6 is 0 Å². The van der Waals surface area contributed by atoms with Gasteiger partial charge in [-0.3, -0.25) is 10.1 Å². The first-order valence-electron chi connectivity index (χ1n) is 6.50. The van der Waals surface area contributed by atoms with Gasteiger partial charge in [0.25, 0.3) is 0 Å². The molecule has 0 radical (unpaired) electrons. The lowest BCUT2D eigenvalue weighted by atomic mass is 10.3. The van der Waals surface area contributed by atoms with Gasteiger partial charge in [-0.25, -0.2) is 13.1 Å². The molecule has 0 aliphatic heterocycles. The predicted octanol–water partition coefficient (Wildman–Crippen LogP) is 1.27. The van der Waals surface area contributed by atoms with Gasteiger partial charge in [0.2, 0.25) is 10.0 Å². The maximum Gasteiger partial charge on any atom is 0.312 e. The number of nitro benzene ring substituents is 1. The zero-order valence-electron chi connectivity index (χ0n) is 11.7. The van der Waals surface area contributed by atoms with E-state index in [0.717, 1.165) is 12.5 Å². The number of benzene rings is 1. The molecule has 0 fully saturated rings. The first-order valence-corrected chi connectivity index (χ1v) is 7.98. The molecule has 1 aromatic rings. The van der Waals surface area contributed by atoms with Crippen LogP contribution in [0.3, 0.4) is 0 Å². The van der Waals surface area contributed by atoms with Gasteiger partial charge in [-0.05, 0) is 25.0 Å². The second-order valence-corrected chi connectivity index (χ2v) is 6.05. The van der Waals surface area contributed by atoms with Gasteiger partial charge in [0, 0.05) is 19.8 Å². The third-order valence-corrected chi connectivity index (χ3v) is 4.10. The zero-order valence-corrected chi connectivity index (χ0v) is 12.6. The number of rotatable bonds is 9. The van der Waals surface area contributed by atoms with Gasteiger partial charge in [0.05, 0.1) is 4.92 Å². The van der Waals surface area contributed by atoms with E-state index in [-0.39, 0.29) is 12.2 Å². The Kier molecular flexibility index (Phi) is 6.53. The Morgan fingerprint density at radius 3 is 2.71 bits per heavy atom. The normalized spacial score (nSPS) is 11.5. The molecule has 0 saturated carbocycles. The lowest BCUT2D eigenvalue weighted by Crippen LogP contribution is -2.26. The topological polar surface area (TPSA) is 125 Å². The second kappa shape index (κ2) is 7.91. The Bertz CT molecular complexity index is 589. The van der Waals surface area contributed by atoms with Crippen LogP contribution in [-0.4, -0.2) is 33.1 Å². The molecule has 0 aliphatic carbocycles. The molecule has 0 saturated heterocycles. The number of para-hydroxylation sites is 1. The summed E-state index contributed by atoms with van der Waals surface area (Å²) >= 11 is 0. The fraction of sp³-hybridized carbons (Fsp3) is 0.500. The monoisotopic (exact) mass is 317 g/mol. The number of nitrogens with one attached hydrogen (secondary N) is 1. The van der Waals surface area contributed by atoms with E-state index in [2.05, 4.69) is 4.72 Å². The quantitative estimate of drug-likeness (QED) is 0.306. The van der Waals surface area contributed by atoms with Crippen molar-refractivity contribution in [3.05, 3.63) is 28.3 Å². The molecule has 21 heavy (non-hydrogen) atoms. The van der Waals surface area contributed by atoms with E-state index >= 15 is 0 Å². The van der Waals surface area contributed by atoms with Crippen molar-refractivity contribution in [1.82, 2.24) is 4.72 Å². The van der Waals surface area contributed by atoms with Gasteiger partial charge < -0.3 is 10.5 Å². The molecule has 1 aromatic carbocycles. The van der Waals surface area contributed by atoms with Crippen molar-refractivity contribution in [3.63, 3.8) is 0 Å². The van der Waals surface area contributed by atoms with Crippen LogP contribution in [0.4, 0.5) is 11.4 Å². The molecular formula is C12H19N3O5S. The molecule has 0 bridgehead atoms. The van der Waals surface area contributed by atoms with Gasteiger partial charge in [-0.1, -0.05) is 13.0 Å². The minimum atomic E-state index is -3.98. The number of sulfonamides is 1. The molecule has 8 nitrogen and oxygen atoms in total. The highest BCUT2D eigenvalue weighted by atomic mass is 32.2. The highest BCUT2D eigenvalue weighted by Crippen LogP contribution is 2.29. The second-order valence-electron chi connectivity index (χ2n) is 4.31. The highest BCUT2D eigenvalue weighted by Gasteiger charge is 2.27. The van der Waals surface area contributed by atoms with Crippen molar-refractivity contribution in [2.24, 2.45) is 0 Å². The SMILES string of the molecule is CCCOCCCNS(=O)(=O)c1cccc(N)c1[N+](=O)[O-]. The molecule has 0 heterocycles. The van der Waals surface area contributed by atoms with E-state index in [4.69, 9.17) is 10.5 Å². The fourth-order valence-corrected chi connectivity index (χ4v) is 2.93. The third-order valence-electron chi connectivity index (χ3n) is 2.61. The lowest BCUT2D eigenvalue weighted by Gasteiger charge is -2.08. The minimum Gasteiger partial charge on any atom is -0.393 e. The average Bonchev–Trinajstić information content (AvgIpc) is 2.42. The van der Waals surface area contributed by atoms with E-state index < -0.39 is 25.5 Å². The number of nitrogen functional groups attached to an aromatic ring is 1. The third kappa shape index (κ3) is 4.96. The van der Waals surface area contributed by atoms with E-state index in [9.17, 15) is 18.5 Å². The van der Waals surface area contributed by atoms with Gasteiger partial charge in [-0.2, -0.15) is 0 Å². The Morgan fingerprint density at radius 1 is 1.38 bits per heavy atom. The van der Waals surface area contributed by atoms with E-state index in [1.54, 1.807) is 0 Å². The molecular weight excluding hydrogens is 298 g/mol. The first kappa shape index (κ1) is 17.3. The predicted molar refractivity (Wildman–Crippen MR) is 78.4 cm³/mol. The lowest BCUT2D eigenvalue weighted by molar-refractivity contribution is -0.386. The smallest absolute Gasteiger partial charge is 0.312 e. The number of anilines is 1. The highest BCUT2D eigenvalue weighted by molar-refractivity contribution is 7.89. The maximum atomic E-state index is 12.1. The van der Waals surface area contributed by atoms with E-state index in [0.29, 0.717) is 19.6 Å². The van der Waals surface area contributed by atoms with Gasteiger partial charge in [0.1, 0.15) is 5.69 Å². The van der Waals surface area contributed by atoms with E-state index in [1.807, 2.05) is 6.92 Å². The molecule has 1 rings (SSSR count). The van der Waals surface area contributed by atoms with Crippen LogP contribution in [0.25, 0.3) is 0 Å². The number of nitrogens with two attached hydrogens (primary N) is 1. The molecule has 9 heteroatoms. The number of hydrogen-bond acceptors (Lipinski definition) is 6. The Balaban J connectivity index is 2.75. The number of nitrogens with zero attached hydrogens (tertiary/aromatic N) is 1. The Labute approximate surface area is 123 Å². The molecule has 0 aromatic heterocycles. The molecule has 0 unspecified atom stereocenters. The summed E-state index contributed by atoms with van der Waals surface area (Å²) in [6.45, 7) is 3.16. The molecule has 0 spiro atoms. The summed E-state index contributed by atoms with van der Waals surface area (Å²) in [5.74, 6) is 0. The summed E-state index contributed by atoms with van der Waals surface area (Å²) in [6.07, 6.45) is 1.37. The van der Waals surface area contributed by atoms with Crippen molar-refractivity contribution < 1.29 is 18.1 Å². The summed E-state index contributed by atoms with van der Waals surface area (Å²) in [6, 6.07) is 3.81. The summed E-state index contributed by atoms with van der Waals surface area (Å²) < 4.78 is 31.7. The Hall–Kier alpha value is -1.71. The van der Waals surface area contributed by atoms with Gasteiger partial charge >= 0.3 is 5.69 Å². The molecule has 118 valence electrons. The summed E-state index contributed by atoms with van der Waals surface area (Å²) in [5, 5.41) is 11.0. The fourth-order valence-electron chi connectivity index (χ4n) is 1.66. The molecule has 0 amide bonds. The first-order chi connectivity index (χ1) is 9.90. The van der Waals surface area contributed by atoms with Crippen LogP contribution < -0.4 is 10.5 Å². The van der Waals surface area contributed by atoms with Crippen molar-refractivity contribution in [3.8, 4) is 0 Å². The van der Waals surface area contributed by atoms with Crippen LogP contribution in [0, 0.1) is 10.1 Å². The summed E-state index contributed by atoms with van der Waals surface area (Å²) in [5.41, 5.74) is 4.68. The van der Waals surface area contributed by atoms with E-state index in [1.165, 1.54) is 12.1 Å². The minimum absolute atomic E-state index is 0.137. The van der Waals surface area contributed by atoms with Gasteiger partial charge in [0.15, 0.2) is 4.90 Å². The number of hydrogen-bond donors (Lipinski definition) is 2.